The van der Waals surface area contributed by atoms with Gasteiger partial charge in [0, 0.05) is 18.2 Å². The summed E-state index contributed by atoms with van der Waals surface area (Å²) in [6.07, 6.45) is 7.73. The summed E-state index contributed by atoms with van der Waals surface area (Å²) in [4.78, 5) is 11.9. The highest BCUT2D eigenvalue weighted by Crippen LogP contribution is 2.32. The van der Waals surface area contributed by atoms with Crippen LogP contribution in [0.15, 0.2) is 18.2 Å². The van der Waals surface area contributed by atoms with Crippen LogP contribution in [-0.2, 0) is 4.79 Å². The van der Waals surface area contributed by atoms with Gasteiger partial charge in [0.15, 0.2) is 11.5 Å². The van der Waals surface area contributed by atoms with E-state index in [1.54, 1.807) is 0 Å². The Morgan fingerprint density at radius 1 is 1.05 bits per heavy atom. The zero-order chi connectivity index (χ0) is 14.9. The SMILES string of the molecule is CCCCCCCCC(=O)Nc1ccc2c(c1)OCCO2. The topological polar surface area (TPSA) is 47.6 Å². The maximum Gasteiger partial charge on any atom is 0.224 e. The van der Waals surface area contributed by atoms with E-state index in [9.17, 15) is 4.79 Å². The molecule has 0 unspecified atom stereocenters. The molecule has 0 radical (unpaired) electrons. The van der Waals surface area contributed by atoms with Crippen molar-refractivity contribution in [2.24, 2.45) is 0 Å². The van der Waals surface area contributed by atoms with Crippen molar-refractivity contribution in [3.63, 3.8) is 0 Å². The van der Waals surface area contributed by atoms with E-state index < -0.39 is 0 Å². The molecule has 0 aliphatic carbocycles. The maximum absolute atomic E-state index is 11.9. The summed E-state index contributed by atoms with van der Waals surface area (Å²) in [6.45, 7) is 3.35. The van der Waals surface area contributed by atoms with Crippen LogP contribution in [0.3, 0.4) is 0 Å². The molecule has 1 aliphatic rings. The molecule has 0 saturated heterocycles. The molecule has 4 nitrogen and oxygen atoms in total. The third-order valence-electron chi connectivity index (χ3n) is 3.58. The number of fused-ring (bicyclic) bond motifs is 1. The number of nitrogens with one attached hydrogen (secondary N) is 1. The summed E-state index contributed by atoms with van der Waals surface area (Å²) in [5.74, 6) is 1.52. The van der Waals surface area contributed by atoms with E-state index in [-0.39, 0.29) is 5.91 Å². The van der Waals surface area contributed by atoms with Gasteiger partial charge in [-0.3, -0.25) is 4.79 Å². The first-order chi connectivity index (χ1) is 10.3. The Morgan fingerprint density at radius 3 is 2.57 bits per heavy atom. The van der Waals surface area contributed by atoms with Crippen molar-refractivity contribution >= 4 is 11.6 Å². The Kier molecular flexibility index (Phi) is 6.38. The van der Waals surface area contributed by atoms with Gasteiger partial charge in [-0.1, -0.05) is 39.0 Å². The van der Waals surface area contributed by atoms with Gasteiger partial charge < -0.3 is 14.8 Å². The smallest absolute Gasteiger partial charge is 0.224 e. The highest BCUT2D eigenvalue weighted by molar-refractivity contribution is 5.91. The summed E-state index contributed by atoms with van der Waals surface area (Å²) >= 11 is 0. The van der Waals surface area contributed by atoms with Crippen molar-refractivity contribution in [1.29, 1.82) is 0 Å². The van der Waals surface area contributed by atoms with Crippen molar-refractivity contribution < 1.29 is 14.3 Å². The zero-order valence-corrected chi connectivity index (χ0v) is 12.8. The van der Waals surface area contributed by atoms with Gasteiger partial charge in [-0.05, 0) is 18.6 Å². The molecule has 0 fully saturated rings. The van der Waals surface area contributed by atoms with Crippen LogP contribution in [0, 0.1) is 0 Å². The molecule has 0 spiro atoms. The van der Waals surface area contributed by atoms with E-state index in [1.807, 2.05) is 18.2 Å². The molecule has 1 aromatic carbocycles. The average molecular weight is 291 g/mol. The molecule has 116 valence electrons. The van der Waals surface area contributed by atoms with Crippen LogP contribution in [0.2, 0.25) is 0 Å². The summed E-state index contributed by atoms with van der Waals surface area (Å²) in [5.41, 5.74) is 0.773. The van der Waals surface area contributed by atoms with Gasteiger partial charge in [0.2, 0.25) is 5.91 Å². The van der Waals surface area contributed by atoms with E-state index in [4.69, 9.17) is 9.47 Å². The van der Waals surface area contributed by atoms with Crippen LogP contribution in [0.1, 0.15) is 51.9 Å². The molecule has 1 amide bonds. The molecule has 1 heterocycles. The molecule has 1 N–H and O–H groups in total. The largest absolute Gasteiger partial charge is 0.486 e. The minimum absolute atomic E-state index is 0.0715. The standard InChI is InChI=1S/C17H25NO3/c1-2-3-4-5-6-7-8-17(19)18-14-9-10-15-16(13-14)21-12-11-20-15/h9-10,13H,2-8,11-12H2,1H3,(H,18,19). The molecular weight excluding hydrogens is 266 g/mol. The highest BCUT2D eigenvalue weighted by Gasteiger charge is 2.12. The molecular formula is C17H25NO3. The van der Waals surface area contributed by atoms with Crippen LogP contribution in [0.25, 0.3) is 0 Å². The highest BCUT2D eigenvalue weighted by atomic mass is 16.6. The number of hydrogen-bond donors (Lipinski definition) is 1. The number of anilines is 1. The van der Waals surface area contributed by atoms with Crippen molar-refractivity contribution in [3.05, 3.63) is 18.2 Å². The van der Waals surface area contributed by atoms with Gasteiger partial charge in [0.05, 0.1) is 0 Å². The molecule has 0 bridgehead atoms. The predicted octanol–water partition coefficient (Wildman–Crippen LogP) is 4.15. The minimum Gasteiger partial charge on any atom is -0.486 e. The third-order valence-corrected chi connectivity index (χ3v) is 3.58. The number of carbonyl (C=O) groups is 1. The lowest BCUT2D eigenvalue weighted by Gasteiger charge is -2.19. The van der Waals surface area contributed by atoms with E-state index >= 15 is 0 Å². The first-order valence-corrected chi connectivity index (χ1v) is 7.99. The number of rotatable bonds is 8. The van der Waals surface area contributed by atoms with Crippen molar-refractivity contribution in [3.8, 4) is 11.5 Å². The van der Waals surface area contributed by atoms with Gasteiger partial charge in [-0.15, -0.1) is 0 Å². The molecule has 0 atom stereocenters. The van der Waals surface area contributed by atoms with Crippen molar-refractivity contribution in [2.45, 2.75) is 51.9 Å². The number of unbranched alkanes of at least 4 members (excludes halogenated alkanes) is 5. The van der Waals surface area contributed by atoms with Crippen LogP contribution in [0.4, 0.5) is 5.69 Å². The fourth-order valence-electron chi connectivity index (χ4n) is 2.41. The Balaban J connectivity index is 1.70. The third kappa shape index (κ3) is 5.29. The number of ether oxygens (including phenoxy) is 2. The van der Waals surface area contributed by atoms with Crippen LogP contribution in [0.5, 0.6) is 11.5 Å². The Labute approximate surface area is 126 Å². The summed E-state index contributed by atoms with van der Waals surface area (Å²) in [6, 6.07) is 5.52. The summed E-state index contributed by atoms with van der Waals surface area (Å²) in [7, 11) is 0. The van der Waals surface area contributed by atoms with Gasteiger partial charge in [-0.2, -0.15) is 0 Å². The summed E-state index contributed by atoms with van der Waals surface area (Å²) < 4.78 is 11.0. The number of benzene rings is 1. The van der Waals surface area contributed by atoms with E-state index in [2.05, 4.69) is 12.2 Å². The Morgan fingerprint density at radius 2 is 1.76 bits per heavy atom. The van der Waals surface area contributed by atoms with Gasteiger partial charge >= 0.3 is 0 Å². The van der Waals surface area contributed by atoms with Crippen LogP contribution < -0.4 is 14.8 Å². The van der Waals surface area contributed by atoms with E-state index in [1.165, 1.54) is 25.7 Å². The predicted molar refractivity (Wildman–Crippen MR) is 84.1 cm³/mol. The fraction of sp³-hybridized carbons (Fsp3) is 0.588. The lowest BCUT2D eigenvalue weighted by Crippen LogP contribution is -2.16. The average Bonchev–Trinajstić information content (AvgIpc) is 2.50. The number of carbonyl (C=O) groups excluding carboxylic acids is 1. The molecule has 2 rings (SSSR count). The fourth-order valence-corrected chi connectivity index (χ4v) is 2.41. The molecule has 1 aliphatic heterocycles. The normalized spacial score (nSPS) is 13.0. The van der Waals surface area contributed by atoms with Crippen molar-refractivity contribution in [1.82, 2.24) is 0 Å². The zero-order valence-electron chi connectivity index (χ0n) is 12.8. The lowest BCUT2D eigenvalue weighted by molar-refractivity contribution is -0.116. The number of amides is 1. The van der Waals surface area contributed by atoms with Crippen LogP contribution >= 0.6 is 0 Å². The maximum atomic E-state index is 11.9. The van der Waals surface area contributed by atoms with Crippen molar-refractivity contribution in [2.75, 3.05) is 18.5 Å². The molecule has 21 heavy (non-hydrogen) atoms. The van der Waals surface area contributed by atoms with Gasteiger partial charge in [-0.25, -0.2) is 0 Å². The van der Waals surface area contributed by atoms with E-state index in [0.29, 0.717) is 25.4 Å². The Hall–Kier alpha value is -1.71. The molecule has 0 saturated carbocycles. The Bertz CT molecular complexity index is 459. The second-order valence-corrected chi connectivity index (χ2v) is 5.42. The minimum atomic E-state index is 0.0715. The van der Waals surface area contributed by atoms with Crippen LogP contribution in [-0.4, -0.2) is 19.1 Å². The quantitative estimate of drug-likeness (QED) is 0.732. The first kappa shape index (κ1) is 15.7. The monoisotopic (exact) mass is 291 g/mol. The van der Waals surface area contributed by atoms with Gasteiger partial charge in [0.25, 0.3) is 0 Å². The number of hydrogen-bond acceptors (Lipinski definition) is 3. The van der Waals surface area contributed by atoms with E-state index in [0.717, 1.165) is 24.3 Å². The molecule has 1 aromatic rings. The lowest BCUT2D eigenvalue weighted by atomic mass is 10.1. The van der Waals surface area contributed by atoms with Gasteiger partial charge in [0.1, 0.15) is 13.2 Å². The second-order valence-electron chi connectivity index (χ2n) is 5.42. The summed E-state index contributed by atoms with van der Waals surface area (Å²) in [5, 5.41) is 2.92. The first-order valence-electron chi connectivity index (χ1n) is 7.99. The second kappa shape index (κ2) is 8.55. The molecule has 0 aromatic heterocycles. The molecule has 4 heteroatoms.